The Labute approximate surface area is 63.9 Å². The van der Waals surface area contributed by atoms with Gasteiger partial charge in [-0.3, -0.25) is 4.84 Å². The molecule has 0 saturated carbocycles. The van der Waals surface area contributed by atoms with E-state index in [2.05, 4.69) is 5.48 Å². The molecule has 5 nitrogen and oxygen atoms in total. The highest BCUT2D eigenvalue weighted by Crippen LogP contribution is 2.22. The average Bonchev–Trinajstić information content (AvgIpc) is 2.40. The van der Waals surface area contributed by atoms with Gasteiger partial charge in [-0.1, -0.05) is 0 Å². The molecule has 0 radical (unpaired) electrons. The first kappa shape index (κ1) is 6.87. The second-order valence-corrected chi connectivity index (χ2v) is 2.95. The van der Waals surface area contributed by atoms with E-state index < -0.39 is 6.09 Å². The minimum atomic E-state index is -0.844. The molecular formula is C6H10N2O3. The van der Waals surface area contributed by atoms with Crippen molar-refractivity contribution in [2.24, 2.45) is 5.92 Å². The van der Waals surface area contributed by atoms with E-state index in [9.17, 15) is 4.79 Å². The van der Waals surface area contributed by atoms with Crippen LogP contribution < -0.4 is 5.48 Å². The van der Waals surface area contributed by atoms with Crippen molar-refractivity contribution in [3.05, 3.63) is 0 Å². The van der Waals surface area contributed by atoms with Crippen LogP contribution in [-0.4, -0.2) is 41.8 Å². The topological polar surface area (TPSA) is 61.8 Å². The van der Waals surface area contributed by atoms with Gasteiger partial charge in [-0.25, -0.2) is 10.3 Å². The predicted octanol–water partition coefficient (Wildman–Crippen LogP) is -0.500. The summed E-state index contributed by atoms with van der Waals surface area (Å²) in [7, 11) is 0. The molecule has 2 aliphatic rings. The van der Waals surface area contributed by atoms with Crippen molar-refractivity contribution in [3.8, 4) is 0 Å². The van der Waals surface area contributed by atoms with Crippen molar-refractivity contribution >= 4 is 6.09 Å². The number of carbonyl (C=O) groups is 1. The Balaban J connectivity index is 1.99. The minimum absolute atomic E-state index is 0.0751. The van der Waals surface area contributed by atoms with Gasteiger partial charge in [-0.05, 0) is 0 Å². The average molecular weight is 158 g/mol. The number of nitrogens with zero attached hydrogens (tertiary/aromatic N) is 1. The van der Waals surface area contributed by atoms with Gasteiger partial charge in [0.25, 0.3) is 0 Å². The molecule has 2 heterocycles. The Morgan fingerprint density at radius 3 is 3.09 bits per heavy atom. The summed E-state index contributed by atoms with van der Waals surface area (Å²) < 4.78 is 0. The van der Waals surface area contributed by atoms with Gasteiger partial charge in [0.1, 0.15) is 6.10 Å². The Morgan fingerprint density at radius 2 is 2.45 bits per heavy atom. The number of rotatable bonds is 0. The molecule has 2 N–H and O–H groups in total. The number of fused-ring (bicyclic) bond motifs is 1. The Bertz CT molecular complexity index is 173. The lowest BCUT2D eigenvalue weighted by Crippen LogP contribution is -2.30. The van der Waals surface area contributed by atoms with E-state index in [-0.39, 0.29) is 6.10 Å². The lowest BCUT2D eigenvalue weighted by molar-refractivity contribution is 0.0284. The van der Waals surface area contributed by atoms with Gasteiger partial charge in [-0.15, -0.1) is 0 Å². The zero-order valence-corrected chi connectivity index (χ0v) is 5.99. The van der Waals surface area contributed by atoms with Gasteiger partial charge in [0.2, 0.25) is 0 Å². The largest absolute Gasteiger partial charge is 0.465 e. The Hall–Kier alpha value is -0.810. The Kier molecular flexibility index (Phi) is 1.47. The second-order valence-electron chi connectivity index (χ2n) is 2.95. The highest BCUT2D eigenvalue weighted by molar-refractivity contribution is 5.65. The van der Waals surface area contributed by atoms with E-state index in [1.165, 1.54) is 4.90 Å². The van der Waals surface area contributed by atoms with Crippen LogP contribution in [0.25, 0.3) is 0 Å². The summed E-state index contributed by atoms with van der Waals surface area (Å²) in [6.07, 6.45) is -0.769. The number of nitrogens with one attached hydrogen (secondary N) is 1. The van der Waals surface area contributed by atoms with Gasteiger partial charge in [-0.2, -0.15) is 0 Å². The van der Waals surface area contributed by atoms with E-state index in [4.69, 9.17) is 9.94 Å². The molecule has 11 heavy (non-hydrogen) atoms. The summed E-state index contributed by atoms with van der Waals surface area (Å²) in [6, 6.07) is 0. The first-order valence-corrected chi connectivity index (χ1v) is 3.64. The standard InChI is InChI=1S/C6H10N2O3/c9-6(10)8-2-4-1-7-11-5(4)3-8/h4-5,7H,1-3H2,(H,9,10)/t4-,5+/m0/s1. The van der Waals surface area contributed by atoms with Crippen molar-refractivity contribution in [2.45, 2.75) is 6.10 Å². The molecule has 5 heteroatoms. The lowest BCUT2D eigenvalue weighted by atomic mass is 10.1. The van der Waals surface area contributed by atoms with Crippen molar-refractivity contribution in [3.63, 3.8) is 0 Å². The molecule has 2 saturated heterocycles. The van der Waals surface area contributed by atoms with E-state index in [1.54, 1.807) is 0 Å². The SMILES string of the molecule is O=C(O)N1C[C@@H]2CNO[C@@H]2C1. The molecule has 0 aliphatic carbocycles. The minimum Gasteiger partial charge on any atom is -0.465 e. The molecule has 2 atom stereocenters. The molecule has 0 aromatic heterocycles. The van der Waals surface area contributed by atoms with E-state index >= 15 is 0 Å². The van der Waals surface area contributed by atoms with Gasteiger partial charge in [0.05, 0.1) is 6.54 Å². The number of hydrogen-bond acceptors (Lipinski definition) is 3. The molecule has 0 unspecified atom stereocenters. The fourth-order valence-electron chi connectivity index (χ4n) is 1.59. The third-order valence-corrected chi connectivity index (χ3v) is 2.23. The van der Waals surface area contributed by atoms with Crippen LogP contribution in [-0.2, 0) is 4.84 Å². The van der Waals surface area contributed by atoms with Crippen LogP contribution >= 0.6 is 0 Å². The first-order valence-electron chi connectivity index (χ1n) is 3.64. The van der Waals surface area contributed by atoms with Crippen LogP contribution in [0.4, 0.5) is 4.79 Å². The molecule has 62 valence electrons. The maximum atomic E-state index is 10.5. The number of hydrogen-bond donors (Lipinski definition) is 2. The number of carboxylic acid groups (broad SMARTS) is 1. The van der Waals surface area contributed by atoms with Crippen LogP contribution in [0.1, 0.15) is 0 Å². The summed E-state index contributed by atoms with van der Waals surface area (Å²) in [6.45, 7) is 1.88. The van der Waals surface area contributed by atoms with Crippen molar-refractivity contribution in [1.29, 1.82) is 0 Å². The van der Waals surface area contributed by atoms with Gasteiger partial charge in [0.15, 0.2) is 0 Å². The van der Waals surface area contributed by atoms with Crippen LogP contribution in [0.5, 0.6) is 0 Å². The van der Waals surface area contributed by atoms with Crippen LogP contribution in [0.15, 0.2) is 0 Å². The third kappa shape index (κ3) is 1.06. The fourth-order valence-corrected chi connectivity index (χ4v) is 1.59. The van der Waals surface area contributed by atoms with Crippen LogP contribution in [0.2, 0.25) is 0 Å². The summed E-state index contributed by atoms with van der Waals surface area (Å²) >= 11 is 0. The quantitative estimate of drug-likeness (QED) is 0.499. The zero-order valence-electron chi connectivity index (χ0n) is 5.99. The summed E-state index contributed by atoms with van der Waals surface area (Å²) in [5.41, 5.74) is 2.76. The Morgan fingerprint density at radius 1 is 1.64 bits per heavy atom. The summed E-state index contributed by atoms with van der Waals surface area (Å²) in [4.78, 5) is 17.0. The van der Waals surface area contributed by atoms with Gasteiger partial charge < -0.3 is 10.0 Å². The summed E-state index contributed by atoms with van der Waals surface area (Å²) in [5, 5.41) is 8.62. The predicted molar refractivity (Wildman–Crippen MR) is 36.0 cm³/mol. The molecule has 2 rings (SSSR count). The molecule has 0 spiro atoms. The smallest absolute Gasteiger partial charge is 0.407 e. The maximum absolute atomic E-state index is 10.5. The molecule has 0 bridgehead atoms. The third-order valence-electron chi connectivity index (χ3n) is 2.23. The molecule has 2 fully saturated rings. The molecule has 2 aliphatic heterocycles. The fraction of sp³-hybridized carbons (Fsp3) is 0.833. The molecule has 0 aromatic rings. The second kappa shape index (κ2) is 2.35. The van der Waals surface area contributed by atoms with Crippen molar-refractivity contribution in [1.82, 2.24) is 10.4 Å². The lowest BCUT2D eigenvalue weighted by Gasteiger charge is -2.11. The molecule has 1 amide bonds. The monoisotopic (exact) mass is 158 g/mol. The van der Waals surface area contributed by atoms with E-state index in [0.29, 0.717) is 19.0 Å². The normalized spacial score (nSPS) is 35.8. The number of likely N-dealkylation sites (tertiary alicyclic amines) is 1. The van der Waals surface area contributed by atoms with Gasteiger partial charge in [0, 0.05) is 19.0 Å². The van der Waals surface area contributed by atoms with Crippen LogP contribution in [0.3, 0.4) is 0 Å². The number of hydroxylamine groups is 1. The van der Waals surface area contributed by atoms with Crippen molar-refractivity contribution < 1.29 is 14.7 Å². The van der Waals surface area contributed by atoms with Crippen LogP contribution in [0, 0.1) is 5.92 Å². The maximum Gasteiger partial charge on any atom is 0.407 e. The number of amides is 1. The highest BCUT2D eigenvalue weighted by Gasteiger charge is 2.39. The summed E-state index contributed by atoms with van der Waals surface area (Å²) in [5.74, 6) is 0.353. The zero-order chi connectivity index (χ0) is 7.84. The highest BCUT2D eigenvalue weighted by atomic mass is 16.7. The van der Waals surface area contributed by atoms with Gasteiger partial charge >= 0.3 is 6.09 Å². The van der Waals surface area contributed by atoms with E-state index in [1.807, 2.05) is 0 Å². The van der Waals surface area contributed by atoms with Crippen molar-refractivity contribution in [2.75, 3.05) is 19.6 Å². The van der Waals surface area contributed by atoms with E-state index in [0.717, 1.165) is 6.54 Å². The molecular weight excluding hydrogens is 148 g/mol. The molecule has 0 aromatic carbocycles. The first-order chi connectivity index (χ1) is 5.27.